The number of carboxylic acid groups (broad SMARTS) is 1. The summed E-state index contributed by atoms with van der Waals surface area (Å²) in [6.45, 7) is 1.74. The first-order valence-corrected chi connectivity index (χ1v) is 4.41. The van der Waals surface area contributed by atoms with Crippen LogP contribution in [0.5, 0.6) is 0 Å². The van der Waals surface area contributed by atoms with Crippen LogP contribution in [0.4, 0.5) is 0 Å². The van der Waals surface area contributed by atoms with Crippen molar-refractivity contribution in [1.82, 2.24) is 5.32 Å². The second kappa shape index (κ2) is 5.77. The maximum atomic E-state index is 11.1. The van der Waals surface area contributed by atoms with E-state index in [1.807, 2.05) is 0 Å². The zero-order chi connectivity index (χ0) is 10.4. The van der Waals surface area contributed by atoms with Crippen LogP contribution in [0.3, 0.4) is 0 Å². The van der Waals surface area contributed by atoms with Gasteiger partial charge < -0.3 is 16.2 Å². The van der Waals surface area contributed by atoms with Crippen LogP contribution in [-0.2, 0) is 9.59 Å². The second-order valence-corrected chi connectivity index (χ2v) is 2.88. The Kier molecular flexibility index (Phi) is 5.41. The smallest absolute Gasteiger partial charge is 0.327 e. The molecule has 13 heavy (non-hydrogen) atoms. The number of carbonyl (C=O) groups is 2. The van der Waals surface area contributed by atoms with Gasteiger partial charge in [-0.3, -0.25) is 4.79 Å². The van der Waals surface area contributed by atoms with Crippen LogP contribution in [0.1, 0.15) is 13.3 Å². The number of aliphatic carboxylic acids is 1. The number of hydrogen-bond acceptors (Lipinski definition) is 3. The molecule has 5 nitrogen and oxygen atoms in total. The van der Waals surface area contributed by atoms with Crippen molar-refractivity contribution >= 4 is 23.5 Å². The highest BCUT2D eigenvalue weighted by Gasteiger charge is 2.21. The Balaban J connectivity index is 4.09. The van der Waals surface area contributed by atoms with Gasteiger partial charge in [0.2, 0.25) is 5.91 Å². The van der Waals surface area contributed by atoms with E-state index >= 15 is 0 Å². The topological polar surface area (TPSA) is 92.4 Å². The van der Waals surface area contributed by atoms with E-state index in [1.165, 1.54) is 0 Å². The Bertz CT molecular complexity index is 198. The Morgan fingerprint density at radius 2 is 2.15 bits per heavy atom. The van der Waals surface area contributed by atoms with Gasteiger partial charge in [0.1, 0.15) is 6.04 Å². The van der Waals surface area contributed by atoms with Gasteiger partial charge in [-0.25, -0.2) is 4.79 Å². The molecule has 76 valence electrons. The van der Waals surface area contributed by atoms with Crippen molar-refractivity contribution in [2.75, 3.05) is 5.88 Å². The lowest BCUT2D eigenvalue weighted by molar-refractivity contribution is -0.141. The van der Waals surface area contributed by atoms with Crippen LogP contribution in [0.25, 0.3) is 0 Å². The molecule has 0 spiro atoms. The number of carboxylic acids is 1. The number of nitrogens with one attached hydrogen (secondary N) is 1. The maximum absolute atomic E-state index is 11.1. The summed E-state index contributed by atoms with van der Waals surface area (Å²) in [4.78, 5) is 21.5. The summed E-state index contributed by atoms with van der Waals surface area (Å²) in [5, 5.41) is 10.8. The molecule has 0 saturated heterocycles. The fraction of sp³-hybridized carbons (Fsp3) is 0.714. The van der Waals surface area contributed by atoms with Gasteiger partial charge in [0.05, 0.1) is 11.9 Å². The van der Waals surface area contributed by atoms with E-state index in [9.17, 15) is 9.59 Å². The fourth-order valence-electron chi connectivity index (χ4n) is 0.630. The van der Waals surface area contributed by atoms with Crippen LogP contribution in [0.2, 0.25) is 0 Å². The number of carbonyl (C=O) groups excluding carboxylic acids is 1. The molecule has 0 fully saturated rings. The van der Waals surface area contributed by atoms with Gasteiger partial charge in [0.25, 0.3) is 0 Å². The van der Waals surface area contributed by atoms with E-state index in [1.54, 1.807) is 6.92 Å². The lowest BCUT2D eigenvalue weighted by Crippen LogP contribution is -2.49. The molecule has 6 heteroatoms. The lowest BCUT2D eigenvalue weighted by atomic mass is 10.2. The monoisotopic (exact) mass is 208 g/mol. The van der Waals surface area contributed by atoms with E-state index in [0.29, 0.717) is 6.42 Å². The van der Waals surface area contributed by atoms with Crippen LogP contribution in [0.15, 0.2) is 0 Å². The Labute approximate surface area is 81.2 Å². The predicted octanol–water partition coefficient (Wildman–Crippen LogP) is -0.468. The van der Waals surface area contributed by atoms with Crippen LogP contribution < -0.4 is 11.1 Å². The van der Waals surface area contributed by atoms with Crippen molar-refractivity contribution in [2.24, 2.45) is 5.73 Å². The Hall–Kier alpha value is -0.810. The number of halogens is 1. The van der Waals surface area contributed by atoms with Crippen molar-refractivity contribution in [1.29, 1.82) is 0 Å². The summed E-state index contributed by atoms with van der Waals surface area (Å²) in [5.41, 5.74) is 5.37. The van der Waals surface area contributed by atoms with E-state index in [2.05, 4.69) is 5.32 Å². The van der Waals surface area contributed by atoms with E-state index < -0.39 is 24.0 Å². The maximum Gasteiger partial charge on any atom is 0.327 e. The van der Waals surface area contributed by atoms with E-state index in [0.717, 1.165) is 0 Å². The van der Waals surface area contributed by atoms with Gasteiger partial charge in [-0.2, -0.15) is 0 Å². The van der Waals surface area contributed by atoms with Gasteiger partial charge in [0, 0.05) is 0 Å². The van der Waals surface area contributed by atoms with Crippen molar-refractivity contribution in [3.63, 3.8) is 0 Å². The van der Waals surface area contributed by atoms with Crippen LogP contribution in [-0.4, -0.2) is 34.9 Å². The first-order chi connectivity index (χ1) is 6.02. The first-order valence-electron chi connectivity index (χ1n) is 3.87. The third-order valence-corrected chi connectivity index (χ3v) is 1.85. The molecule has 0 unspecified atom stereocenters. The summed E-state index contributed by atoms with van der Waals surface area (Å²) in [7, 11) is 0. The molecule has 2 atom stereocenters. The van der Waals surface area contributed by atoms with E-state index in [4.69, 9.17) is 22.4 Å². The highest BCUT2D eigenvalue weighted by atomic mass is 35.5. The minimum Gasteiger partial charge on any atom is -0.480 e. The predicted molar refractivity (Wildman–Crippen MR) is 48.6 cm³/mol. The molecule has 0 bridgehead atoms. The summed E-state index contributed by atoms with van der Waals surface area (Å²) in [6, 6.07) is -1.74. The molecule has 0 aliphatic heterocycles. The summed E-state index contributed by atoms with van der Waals surface area (Å²) in [6.07, 6.45) is 0.459. The van der Waals surface area contributed by atoms with Crippen molar-refractivity contribution in [3.8, 4) is 0 Å². The summed E-state index contributed by atoms with van der Waals surface area (Å²) in [5.74, 6) is -1.82. The zero-order valence-electron chi connectivity index (χ0n) is 7.29. The molecule has 0 aromatic carbocycles. The van der Waals surface area contributed by atoms with Gasteiger partial charge in [-0.05, 0) is 6.42 Å². The third kappa shape index (κ3) is 4.10. The lowest BCUT2D eigenvalue weighted by Gasteiger charge is -2.14. The zero-order valence-corrected chi connectivity index (χ0v) is 8.04. The molecule has 0 aromatic rings. The number of amides is 1. The number of nitrogens with two attached hydrogens (primary N) is 1. The average Bonchev–Trinajstić information content (AvgIpc) is 2.11. The van der Waals surface area contributed by atoms with Crippen molar-refractivity contribution < 1.29 is 14.7 Å². The van der Waals surface area contributed by atoms with Crippen molar-refractivity contribution in [2.45, 2.75) is 25.4 Å². The number of rotatable bonds is 5. The molecule has 0 aromatic heterocycles. The standard InChI is InChI=1S/C7H13ClN2O3/c1-2-4(9)6(11)10-5(3-8)7(12)13/h4-5H,2-3,9H2,1H3,(H,10,11)(H,12,13)/t4-,5-/m0/s1. The molecule has 0 heterocycles. The van der Waals surface area contributed by atoms with Gasteiger partial charge in [-0.1, -0.05) is 6.92 Å². The molecule has 4 N–H and O–H groups in total. The largest absolute Gasteiger partial charge is 0.480 e. The molecule has 0 radical (unpaired) electrons. The van der Waals surface area contributed by atoms with Gasteiger partial charge in [0.15, 0.2) is 0 Å². The molecule has 0 aliphatic rings. The van der Waals surface area contributed by atoms with E-state index in [-0.39, 0.29) is 5.88 Å². The SMILES string of the molecule is CC[C@H](N)C(=O)N[C@@H](CCl)C(=O)O. The minimum atomic E-state index is -1.16. The second-order valence-electron chi connectivity index (χ2n) is 2.57. The molecular formula is C7H13ClN2O3. The Morgan fingerprint density at radius 1 is 1.62 bits per heavy atom. The minimum absolute atomic E-state index is 0.169. The normalized spacial score (nSPS) is 14.7. The van der Waals surface area contributed by atoms with Gasteiger partial charge >= 0.3 is 5.97 Å². The first kappa shape index (κ1) is 12.2. The van der Waals surface area contributed by atoms with Crippen LogP contribution in [0, 0.1) is 0 Å². The third-order valence-electron chi connectivity index (χ3n) is 1.55. The fourth-order valence-corrected chi connectivity index (χ4v) is 0.840. The Morgan fingerprint density at radius 3 is 2.46 bits per heavy atom. The quantitative estimate of drug-likeness (QED) is 0.533. The number of hydrogen-bond donors (Lipinski definition) is 3. The molecular weight excluding hydrogens is 196 g/mol. The number of alkyl halides is 1. The van der Waals surface area contributed by atoms with Crippen LogP contribution >= 0.6 is 11.6 Å². The molecule has 0 aliphatic carbocycles. The summed E-state index contributed by atoms with van der Waals surface area (Å²) < 4.78 is 0. The van der Waals surface area contributed by atoms with Crippen molar-refractivity contribution in [3.05, 3.63) is 0 Å². The molecule has 0 saturated carbocycles. The summed E-state index contributed by atoms with van der Waals surface area (Å²) >= 11 is 5.32. The molecule has 1 amide bonds. The van der Waals surface area contributed by atoms with Gasteiger partial charge in [-0.15, -0.1) is 11.6 Å². The molecule has 0 rings (SSSR count). The average molecular weight is 209 g/mol. The highest BCUT2D eigenvalue weighted by Crippen LogP contribution is 1.92. The highest BCUT2D eigenvalue weighted by molar-refractivity contribution is 6.19.